The summed E-state index contributed by atoms with van der Waals surface area (Å²) < 4.78 is 2.22. The summed E-state index contributed by atoms with van der Waals surface area (Å²) in [4.78, 5) is 4.51. The van der Waals surface area contributed by atoms with Crippen molar-refractivity contribution in [1.29, 1.82) is 0 Å². The molecule has 0 unspecified atom stereocenters. The maximum atomic E-state index is 4.51. The molecule has 16 heavy (non-hydrogen) atoms. The van der Waals surface area contributed by atoms with Crippen LogP contribution in [0.5, 0.6) is 0 Å². The molecule has 0 spiro atoms. The van der Waals surface area contributed by atoms with E-state index in [4.69, 9.17) is 0 Å². The highest BCUT2D eigenvalue weighted by molar-refractivity contribution is 5.13. The summed E-state index contributed by atoms with van der Waals surface area (Å²) >= 11 is 0. The van der Waals surface area contributed by atoms with E-state index in [0.717, 1.165) is 24.5 Å². The normalized spacial score (nSPS) is 10.6. The van der Waals surface area contributed by atoms with Gasteiger partial charge in [-0.15, -0.1) is 0 Å². The van der Waals surface area contributed by atoms with Crippen LogP contribution in [0.4, 0.5) is 0 Å². The summed E-state index contributed by atoms with van der Waals surface area (Å²) in [6.07, 6.45) is 2.09. The standard InChI is InChI=1S/C13H17N3/c1-11-5-3-6-12(15-11)10-16-8-4-7-13(16)9-14-2/h3-8,14H,9-10H2,1-2H3. The van der Waals surface area contributed by atoms with Crippen molar-refractivity contribution in [1.82, 2.24) is 14.9 Å². The van der Waals surface area contributed by atoms with Gasteiger partial charge >= 0.3 is 0 Å². The fourth-order valence-electron chi connectivity index (χ4n) is 1.81. The summed E-state index contributed by atoms with van der Waals surface area (Å²) in [7, 11) is 1.96. The number of rotatable bonds is 4. The van der Waals surface area contributed by atoms with Crippen molar-refractivity contribution in [2.45, 2.75) is 20.0 Å². The Labute approximate surface area is 96.1 Å². The van der Waals surface area contributed by atoms with Crippen LogP contribution in [0.25, 0.3) is 0 Å². The summed E-state index contributed by atoms with van der Waals surface area (Å²) in [5.74, 6) is 0. The molecule has 0 bridgehead atoms. The van der Waals surface area contributed by atoms with E-state index in [-0.39, 0.29) is 0 Å². The van der Waals surface area contributed by atoms with Crippen molar-refractivity contribution >= 4 is 0 Å². The van der Waals surface area contributed by atoms with Crippen LogP contribution < -0.4 is 5.32 Å². The number of nitrogens with zero attached hydrogens (tertiary/aromatic N) is 2. The molecular formula is C13H17N3. The van der Waals surface area contributed by atoms with Crippen LogP contribution in [0.1, 0.15) is 17.1 Å². The van der Waals surface area contributed by atoms with Crippen LogP contribution in [-0.4, -0.2) is 16.6 Å². The first kappa shape index (κ1) is 10.9. The third-order valence-electron chi connectivity index (χ3n) is 2.56. The van der Waals surface area contributed by atoms with Crippen molar-refractivity contribution in [3.05, 3.63) is 53.6 Å². The van der Waals surface area contributed by atoms with Crippen LogP contribution >= 0.6 is 0 Å². The molecular weight excluding hydrogens is 198 g/mol. The van der Waals surface area contributed by atoms with Gasteiger partial charge in [0.15, 0.2) is 0 Å². The van der Waals surface area contributed by atoms with Gasteiger partial charge in [-0.25, -0.2) is 0 Å². The van der Waals surface area contributed by atoms with Gasteiger partial charge in [-0.05, 0) is 38.2 Å². The van der Waals surface area contributed by atoms with Gasteiger partial charge in [0.1, 0.15) is 0 Å². The van der Waals surface area contributed by atoms with Crippen LogP contribution in [0.2, 0.25) is 0 Å². The average molecular weight is 215 g/mol. The van der Waals surface area contributed by atoms with E-state index < -0.39 is 0 Å². The van der Waals surface area contributed by atoms with Gasteiger partial charge in [0.25, 0.3) is 0 Å². The highest BCUT2D eigenvalue weighted by atomic mass is 15.0. The van der Waals surface area contributed by atoms with E-state index in [2.05, 4.69) is 45.3 Å². The Kier molecular flexibility index (Phi) is 3.37. The number of pyridine rings is 1. The zero-order valence-electron chi connectivity index (χ0n) is 9.77. The minimum Gasteiger partial charge on any atom is -0.344 e. The van der Waals surface area contributed by atoms with Gasteiger partial charge < -0.3 is 9.88 Å². The SMILES string of the molecule is CNCc1cccn1Cc1cccc(C)n1. The summed E-state index contributed by atoms with van der Waals surface area (Å²) in [6.45, 7) is 3.75. The Morgan fingerprint density at radius 1 is 1.25 bits per heavy atom. The van der Waals surface area contributed by atoms with Crippen LogP contribution in [-0.2, 0) is 13.1 Å². The summed E-state index contributed by atoms with van der Waals surface area (Å²) in [5, 5.41) is 3.17. The predicted molar refractivity (Wildman–Crippen MR) is 65.3 cm³/mol. The molecule has 1 N–H and O–H groups in total. The molecule has 0 aliphatic heterocycles. The smallest absolute Gasteiger partial charge is 0.0645 e. The van der Waals surface area contributed by atoms with Crippen molar-refractivity contribution < 1.29 is 0 Å². The first-order chi connectivity index (χ1) is 7.79. The van der Waals surface area contributed by atoms with Crippen LogP contribution in [0, 0.1) is 6.92 Å². The van der Waals surface area contributed by atoms with E-state index in [9.17, 15) is 0 Å². The second-order valence-corrected chi connectivity index (χ2v) is 3.93. The second kappa shape index (κ2) is 4.94. The molecule has 0 aromatic carbocycles. The van der Waals surface area contributed by atoms with E-state index in [1.165, 1.54) is 5.69 Å². The monoisotopic (exact) mass is 215 g/mol. The van der Waals surface area contributed by atoms with Gasteiger partial charge in [-0.3, -0.25) is 4.98 Å². The predicted octanol–water partition coefficient (Wildman–Crippen LogP) is 1.96. The zero-order chi connectivity index (χ0) is 11.4. The largest absolute Gasteiger partial charge is 0.344 e. The van der Waals surface area contributed by atoms with Crippen molar-refractivity contribution in [3.63, 3.8) is 0 Å². The topological polar surface area (TPSA) is 29.9 Å². The molecule has 0 atom stereocenters. The maximum absolute atomic E-state index is 4.51. The van der Waals surface area contributed by atoms with Gasteiger partial charge in [0.05, 0.1) is 12.2 Å². The molecule has 0 saturated carbocycles. The molecule has 0 amide bonds. The van der Waals surface area contributed by atoms with E-state index in [1.54, 1.807) is 0 Å². The van der Waals surface area contributed by atoms with E-state index in [1.807, 2.05) is 20.0 Å². The molecule has 3 nitrogen and oxygen atoms in total. The molecule has 2 rings (SSSR count). The minimum atomic E-state index is 0.839. The van der Waals surface area contributed by atoms with Crippen LogP contribution in [0.15, 0.2) is 36.5 Å². The number of aryl methyl sites for hydroxylation is 1. The highest BCUT2D eigenvalue weighted by Gasteiger charge is 2.01. The molecule has 2 aromatic heterocycles. The third kappa shape index (κ3) is 2.49. The first-order valence-electron chi connectivity index (χ1n) is 5.51. The molecule has 0 aliphatic carbocycles. The van der Waals surface area contributed by atoms with Crippen molar-refractivity contribution in [2.75, 3.05) is 7.05 Å². The van der Waals surface area contributed by atoms with Gasteiger partial charge in [0.2, 0.25) is 0 Å². The Morgan fingerprint density at radius 3 is 2.88 bits per heavy atom. The quantitative estimate of drug-likeness (QED) is 0.845. The van der Waals surface area contributed by atoms with Gasteiger partial charge in [0, 0.05) is 24.1 Å². The third-order valence-corrected chi connectivity index (χ3v) is 2.56. The molecule has 2 heterocycles. The fraction of sp³-hybridized carbons (Fsp3) is 0.308. The van der Waals surface area contributed by atoms with Crippen LogP contribution in [0.3, 0.4) is 0 Å². The molecule has 0 fully saturated rings. The lowest BCUT2D eigenvalue weighted by Crippen LogP contribution is -2.12. The Morgan fingerprint density at radius 2 is 2.12 bits per heavy atom. The number of nitrogens with one attached hydrogen (secondary N) is 1. The van der Waals surface area contributed by atoms with Crippen molar-refractivity contribution in [2.24, 2.45) is 0 Å². The lowest BCUT2D eigenvalue weighted by Gasteiger charge is -2.08. The number of hydrogen-bond acceptors (Lipinski definition) is 2. The van der Waals surface area contributed by atoms with Gasteiger partial charge in [-0.2, -0.15) is 0 Å². The Bertz CT molecular complexity index is 460. The van der Waals surface area contributed by atoms with Crippen molar-refractivity contribution in [3.8, 4) is 0 Å². The molecule has 84 valence electrons. The fourth-order valence-corrected chi connectivity index (χ4v) is 1.81. The lowest BCUT2D eigenvalue weighted by atomic mass is 10.3. The molecule has 0 radical (unpaired) electrons. The molecule has 2 aromatic rings. The number of hydrogen-bond donors (Lipinski definition) is 1. The highest BCUT2D eigenvalue weighted by Crippen LogP contribution is 2.06. The maximum Gasteiger partial charge on any atom is 0.0645 e. The summed E-state index contributed by atoms with van der Waals surface area (Å²) in [5.41, 5.74) is 3.46. The zero-order valence-corrected chi connectivity index (χ0v) is 9.77. The lowest BCUT2D eigenvalue weighted by molar-refractivity contribution is 0.683. The summed E-state index contributed by atoms with van der Waals surface area (Å²) in [6, 6.07) is 10.3. The minimum absolute atomic E-state index is 0.839. The molecule has 0 aliphatic rings. The molecule has 0 saturated heterocycles. The average Bonchev–Trinajstić information content (AvgIpc) is 2.66. The Hall–Kier alpha value is -1.61. The Balaban J connectivity index is 2.17. The number of aromatic nitrogens is 2. The van der Waals surface area contributed by atoms with E-state index in [0.29, 0.717) is 0 Å². The first-order valence-corrected chi connectivity index (χ1v) is 5.51. The van der Waals surface area contributed by atoms with Gasteiger partial charge in [-0.1, -0.05) is 6.07 Å². The second-order valence-electron chi connectivity index (χ2n) is 3.93. The molecule has 3 heteroatoms. The van der Waals surface area contributed by atoms with E-state index >= 15 is 0 Å².